The maximum Gasteiger partial charge on any atom is 0.325 e. The summed E-state index contributed by atoms with van der Waals surface area (Å²) in [6.45, 7) is 0. The number of hydrogen-bond acceptors (Lipinski definition) is 4. The molecule has 1 aromatic rings. The van der Waals surface area contributed by atoms with Crippen molar-refractivity contribution in [2.75, 3.05) is 6.26 Å². The maximum atomic E-state index is 10.6. The lowest BCUT2D eigenvalue weighted by Gasteiger charge is -2.00. The van der Waals surface area contributed by atoms with Crippen molar-refractivity contribution < 1.29 is 12.7 Å². The Hall–Kier alpha value is -0.780. The summed E-state index contributed by atoms with van der Waals surface area (Å²) in [7, 11) is -3.66. The minimum absolute atomic E-state index is 0.119. The maximum absolute atomic E-state index is 10.6. The Kier molecular flexibility index (Phi) is 3.96. The van der Waals surface area contributed by atoms with Crippen LogP contribution in [0, 0.1) is 0 Å². The van der Waals surface area contributed by atoms with Crippen molar-refractivity contribution in [2.45, 2.75) is 0 Å². The number of rotatable bonds is 3. The second-order valence-electron chi connectivity index (χ2n) is 2.64. The number of hydrogen-bond donors (Lipinski definition) is 0. The first-order valence-electron chi connectivity index (χ1n) is 3.77. The highest BCUT2D eigenvalue weighted by Gasteiger charge is 2.07. The quantitative estimate of drug-likeness (QED) is 0.623. The molecule has 0 aliphatic carbocycles. The molecule has 0 aliphatic heterocycles. The molecule has 7 heteroatoms. The molecule has 0 spiro atoms. The van der Waals surface area contributed by atoms with Crippen molar-refractivity contribution in [1.82, 2.24) is 0 Å². The Bertz CT molecular complexity index is 484. The van der Waals surface area contributed by atoms with Gasteiger partial charge in [-0.1, -0.05) is 46.6 Å². The first-order chi connectivity index (χ1) is 6.90. The summed E-state index contributed by atoms with van der Waals surface area (Å²) >= 11 is 11.5. The summed E-state index contributed by atoms with van der Waals surface area (Å²) in [5.41, 5.74) is 0.407. The first kappa shape index (κ1) is 12.3. The highest BCUT2D eigenvalue weighted by Crippen LogP contribution is 2.17. The van der Waals surface area contributed by atoms with Gasteiger partial charge in [0.2, 0.25) is 0 Å². The van der Waals surface area contributed by atoms with E-state index in [1.54, 1.807) is 24.3 Å². The summed E-state index contributed by atoms with van der Waals surface area (Å²) in [5, 5.41) is 3.48. The molecule has 0 amide bonds. The van der Waals surface area contributed by atoms with Gasteiger partial charge >= 0.3 is 10.1 Å². The van der Waals surface area contributed by atoms with E-state index in [1.807, 2.05) is 0 Å². The second kappa shape index (κ2) is 4.83. The summed E-state index contributed by atoms with van der Waals surface area (Å²) in [6.07, 6.45) is 0.868. The molecule has 0 aromatic heterocycles. The Morgan fingerprint density at radius 2 is 2.00 bits per heavy atom. The molecule has 15 heavy (non-hydrogen) atoms. The Labute approximate surface area is 97.6 Å². The highest BCUT2D eigenvalue weighted by atomic mass is 35.5. The van der Waals surface area contributed by atoms with Gasteiger partial charge in [0.15, 0.2) is 5.17 Å². The number of halogens is 2. The lowest BCUT2D eigenvalue weighted by Crippen LogP contribution is -2.00. The van der Waals surface area contributed by atoms with Crippen LogP contribution < -0.4 is 0 Å². The fraction of sp³-hybridized carbons (Fsp3) is 0.125. The van der Waals surface area contributed by atoms with E-state index in [0.29, 0.717) is 10.6 Å². The Morgan fingerprint density at radius 3 is 2.53 bits per heavy atom. The van der Waals surface area contributed by atoms with Crippen LogP contribution in [0.5, 0.6) is 0 Å². The van der Waals surface area contributed by atoms with Crippen molar-refractivity contribution in [3.63, 3.8) is 0 Å². The van der Waals surface area contributed by atoms with E-state index in [-0.39, 0.29) is 5.17 Å². The van der Waals surface area contributed by atoms with Crippen LogP contribution in [0.25, 0.3) is 0 Å². The van der Waals surface area contributed by atoms with Gasteiger partial charge in [0, 0.05) is 5.56 Å². The molecule has 1 rings (SSSR count). The van der Waals surface area contributed by atoms with Gasteiger partial charge in [0.1, 0.15) is 0 Å². The molecular formula is C8H7Cl2NO3S. The summed E-state index contributed by atoms with van der Waals surface area (Å²) in [4.78, 5) is 0. The fourth-order valence-electron chi connectivity index (χ4n) is 0.778. The van der Waals surface area contributed by atoms with E-state index in [2.05, 4.69) is 9.44 Å². The average molecular weight is 268 g/mol. The van der Waals surface area contributed by atoms with E-state index < -0.39 is 10.1 Å². The van der Waals surface area contributed by atoms with Gasteiger partial charge in [0.25, 0.3) is 0 Å². The molecule has 82 valence electrons. The molecule has 0 unspecified atom stereocenters. The zero-order chi connectivity index (χ0) is 11.5. The molecule has 0 fully saturated rings. The predicted molar refractivity (Wildman–Crippen MR) is 59.8 cm³/mol. The third kappa shape index (κ3) is 4.07. The average Bonchev–Trinajstić information content (AvgIpc) is 2.14. The normalized spacial score (nSPS) is 12.6. The summed E-state index contributed by atoms with van der Waals surface area (Å²) in [5.74, 6) is 0. The van der Waals surface area contributed by atoms with E-state index in [9.17, 15) is 8.42 Å². The molecule has 4 nitrogen and oxygen atoms in total. The molecule has 0 aliphatic rings. The van der Waals surface area contributed by atoms with Gasteiger partial charge in [-0.05, 0) is 6.07 Å². The van der Waals surface area contributed by atoms with Crippen LogP contribution in [-0.4, -0.2) is 19.8 Å². The summed E-state index contributed by atoms with van der Waals surface area (Å²) < 4.78 is 25.4. The topological polar surface area (TPSA) is 55.7 Å². The first-order valence-corrected chi connectivity index (χ1v) is 6.34. The molecule has 0 N–H and O–H groups in total. The molecule has 0 radical (unpaired) electrons. The molecule has 0 bridgehead atoms. The lowest BCUT2D eigenvalue weighted by atomic mass is 10.2. The van der Waals surface area contributed by atoms with Crippen molar-refractivity contribution in [1.29, 1.82) is 0 Å². The van der Waals surface area contributed by atoms with E-state index >= 15 is 0 Å². The molecule has 0 saturated carbocycles. The van der Waals surface area contributed by atoms with Crippen LogP contribution in [0.2, 0.25) is 5.02 Å². The van der Waals surface area contributed by atoms with Crippen LogP contribution in [-0.2, 0) is 14.4 Å². The molecular weight excluding hydrogens is 261 g/mol. The van der Waals surface area contributed by atoms with Crippen LogP contribution in [0.1, 0.15) is 5.56 Å². The van der Waals surface area contributed by atoms with Gasteiger partial charge in [-0.15, -0.1) is 0 Å². The minimum Gasteiger partial charge on any atom is -0.267 e. The molecule has 0 heterocycles. The number of benzene rings is 1. The van der Waals surface area contributed by atoms with E-state index in [1.165, 1.54) is 0 Å². The lowest BCUT2D eigenvalue weighted by molar-refractivity contribution is 0.344. The van der Waals surface area contributed by atoms with Crippen molar-refractivity contribution in [3.05, 3.63) is 34.9 Å². The van der Waals surface area contributed by atoms with Gasteiger partial charge in [0.05, 0.1) is 11.3 Å². The smallest absolute Gasteiger partial charge is 0.267 e. The molecule has 0 saturated heterocycles. The van der Waals surface area contributed by atoms with Crippen molar-refractivity contribution in [3.8, 4) is 0 Å². The standard InChI is InChI=1S/C8H7Cl2NO3S/c1-15(12,13)14-11-8(10)6-4-2-3-5-7(6)9/h2-5H,1H3. The second-order valence-corrected chi connectivity index (χ2v) is 4.96. The zero-order valence-electron chi connectivity index (χ0n) is 7.65. The Morgan fingerprint density at radius 1 is 1.40 bits per heavy atom. The van der Waals surface area contributed by atoms with Crippen LogP contribution in [0.15, 0.2) is 29.4 Å². The summed E-state index contributed by atoms with van der Waals surface area (Å²) in [6, 6.07) is 6.61. The largest absolute Gasteiger partial charge is 0.325 e. The third-order valence-corrected chi connectivity index (χ3v) is 2.30. The van der Waals surface area contributed by atoms with Gasteiger partial charge in [-0.2, -0.15) is 8.42 Å². The van der Waals surface area contributed by atoms with Crippen molar-refractivity contribution in [2.24, 2.45) is 5.16 Å². The van der Waals surface area contributed by atoms with Crippen LogP contribution >= 0.6 is 23.2 Å². The molecule has 1 aromatic carbocycles. The van der Waals surface area contributed by atoms with Gasteiger partial charge < -0.3 is 0 Å². The fourth-order valence-corrected chi connectivity index (χ4v) is 1.50. The van der Waals surface area contributed by atoms with Gasteiger partial charge in [-0.25, -0.2) is 0 Å². The monoisotopic (exact) mass is 267 g/mol. The van der Waals surface area contributed by atoms with Gasteiger partial charge in [-0.3, -0.25) is 4.28 Å². The SMILES string of the molecule is CS(=O)(=O)ON=C(Cl)c1ccccc1Cl. The van der Waals surface area contributed by atoms with Crippen molar-refractivity contribution >= 4 is 38.5 Å². The minimum atomic E-state index is -3.66. The predicted octanol–water partition coefficient (Wildman–Crippen LogP) is 2.22. The van der Waals surface area contributed by atoms with E-state index in [0.717, 1.165) is 6.26 Å². The van der Waals surface area contributed by atoms with Crippen LogP contribution in [0.3, 0.4) is 0 Å². The third-order valence-electron chi connectivity index (χ3n) is 1.35. The number of oxime groups is 1. The zero-order valence-corrected chi connectivity index (χ0v) is 9.97. The molecule has 0 atom stereocenters. The van der Waals surface area contributed by atoms with E-state index in [4.69, 9.17) is 23.2 Å². The number of nitrogens with zero attached hydrogens (tertiary/aromatic N) is 1. The highest BCUT2D eigenvalue weighted by molar-refractivity contribution is 7.85. The van der Waals surface area contributed by atoms with Crippen LogP contribution in [0.4, 0.5) is 0 Å². The Balaban J connectivity index is 2.95.